The Morgan fingerprint density at radius 1 is 1.33 bits per heavy atom. The minimum Gasteiger partial charge on any atom is -0.376 e. The molecule has 1 amide bonds. The van der Waals surface area contributed by atoms with E-state index < -0.39 is 0 Å². The Labute approximate surface area is 142 Å². The maximum Gasteiger partial charge on any atom is 0.270 e. The van der Waals surface area contributed by atoms with Crippen molar-refractivity contribution >= 4 is 17.3 Å². The van der Waals surface area contributed by atoms with E-state index in [1.54, 1.807) is 12.3 Å². The van der Waals surface area contributed by atoms with E-state index in [1.807, 2.05) is 24.3 Å². The Morgan fingerprint density at radius 2 is 2.21 bits per heavy atom. The normalized spacial score (nSPS) is 16.8. The summed E-state index contributed by atoms with van der Waals surface area (Å²) in [7, 11) is 0. The van der Waals surface area contributed by atoms with Crippen LogP contribution in [0.1, 0.15) is 35.8 Å². The summed E-state index contributed by atoms with van der Waals surface area (Å²) in [6, 6.07) is 11.8. The van der Waals surface area contributed by atoms with Crippen molar-refractivity contribution in [3.05, 3.63) is 53.9 Å². The van der Waals surface area contributed by atoms with E-state index >= 15 is 0 Å². The number of benzene rings is 1. The molecule has 3 rings (SSSR count). The highest BCUT2D eigenvalue weighted by Crippen LogP contribution is 2.21. The molecule has 2 aromatic rings. The fraction of sp³-hybridized carbons (Fsp3) is 0.368. The van der Waals surface area contributed by atoms with Crippen LogP contribution in [-0.2, 0) is 11.2 Å². The molecule has 1 fully saturated rings. The Morgan fingerprint density at radius 3 is 3.00 bits per heavy atom. The van der Waals surface area contributed by atoms with Crippen molar-refractivity contribution in [1.82, 2.24) is 10.3 Å². The van der Waals surface area contributed by atoms with E-state index in [-0.39, 0.29) is 12.0 Å². The molecule has 1 aromatic carbocycles. The molecule has 24 heavy (non-hydrogen) atoms. The zero-order chi connectivity index (χ0) is 16.8. The third-order valence-electron chi connectivity index (χ3n) is 4.18. The van der Waals surface area contributed by atoms with Gasteiger partial charge in [-0.3, -0.25) is 9.78 Å². The molecule has 126 valence electrons. The third-order valence-corrected chi connectivity index (χ3v) is 4.18. The van der Waals surface area contributed by atoms with Crippen LogP contribution in [0.15, 0.2) is 42.6 Å². The molecule has 5 heteroatoms. The molecule has 1 atom stereocenters. The van der Waals surface area contributed by atoms with Crippen molar-refractivity contribution in [2.75, 3.05) is 18.5 Å². The highest BCUT2D eigenvalue weighted by molar-refractivity contribution is 5.93. The summed E-state index contributed by atoms with van der Waals surface area (Å²) in [6.07, 6.45) is 4.80. The van der Waals surface area contributed by atoms with E-state index in [2.05, 4.69) is 28.6 Å². The van der Waals surface area contributed by atoms with Gasteiger partial charge in [-0.2, -0.15) is 0 Å². The number of pyridine rings is 1. The molecule has 2 N–H and O–H groups in total. The Bertz CT molecular complexity index is 697. The van der Waals surface area contributed by atoms with Gasteiger partial charge in [0, 0.05) is 30.7 Å². The van der Waals surface area contributed by atoms with Gasteiger partial charge in [-0.15, -0.1) is 0 Å². The van der Waals surface area contributed by atoms with Crippen molar-refractivity contribution in [3.8, 4) is 0 Å². The number of nitrogens with zero attached hydrogens (tertiary/aromatic N) is 1. The van der Waals surface area contributed by atoms with Gasteiger partial charge in [0.05, 0.1) is 6.10 Å². The average molecular weight is 325 g/mol. The van der Waals surface area contributed by atoms with Gasteiger partial charge in [0.2, 0.25) is 0 Å². The maximum absolute atomic E-state index is 12.3. The maximum atomic E-state index is 12.3. The predicted octanol–water partition coefficient (Wildman–Crippen LogP) is 3.30. The molecular formula is C19H23N3O2. The van der Waals surface area contributed by atoms with Crippen LogP contribution in [0.2, 0.25) is 0 Å². The lowest BCUT2D eigenvalue weighted by Gasteiger charge is -2.13. The molecule has 1 unspecified atom stereocenters. The summed E-state index contributed by atoms with van der Waals surface area (Å²) in [5.41, 5.74) is 3.55. The third kappa shape index (κ3) is 4.11. The van der Waals surface area contributed by atoms with Gasteiger partial charge in [0.25, 0.3) is 5.91 Å². The zero-order valence-corrected chi connectivity index (χ0v) is 13.9. The Hall–Kier alpha value is -2.40. The van der Waals surface area contributed by atoms with Crippen molar-refractivity contribution in [2.24, 2.45) is 0 Å². The molecule has 1 saturated heterocycles. The molecule has 1 aliphatic heterocycles. The quantitative estimate of drug-likeness (QED) is 0.855. The second-order valence-electron chi connectivity index (χ2n) is 5.91. The number of rotatable bonds is 6. The lowest BCUT2D eigenvalue weighted by atomic mass is 10.1. The van der Waals surface area contributed by atoms with E-state index in [0.29, 0.717) is 12.2 Å². The van der Waals surface area contributed by atoms with Gasteiger partial charge in [0.15, 0.2) is 0 Å². The SMILES string of the molecule is CCc1ccccc1Nc1ccnc(C(=O)NCC2CCCO2)c1. The van der Waals surface area contributed by atoms with E-state index in [1.165, 1.54) is 5.56 Å². The zero-order valence-electron chi connectivity index (χ0n) is 13.9. The topological polar surface area (TPSA) is 63.2 Å². The molecule has 0 saturated carbocycles. The van der Waals surface area contributed by atoms with Crippen molar-refractivity contribution in [1.29, 1.82) is 0 Å². The van der Waals surface area contributed by atoms with Crippen LogP contribution in [0.3, 0.4) is 0 Å². The van der Waals surface area contributed by atoms with Gasteiger partial charge in [-0.1, -0.05) is 25.1 Å². The standard InChI is InChI=1S/C19H23N3O2/c1-2-14-6-3-4-8-17(14)22-15-9-10-20-18(12-15)19(23)21-13-16-7-5-11-24-16/h3-4,6,8-10,12,16H,2,5,7,11,13H2,1H3,(H,20,22)(H,21,23). The van der Waals surface area contributed by atoms with Crippen LogP contribution in [0.25, 0.3) is 0 Å². The lowest BCUT2D eigenvalue weighted by Crippen LogP contribution is -2.32. The second kappa shape index (κ2) is 7.93. The second-order valence-corrected chi connectivity index (χ2v) is 5.91. The van der Waals surface area contributed by atoms with Crippen molar-refractivity contribution < 1.29 is 9.53 Å². The van der Waals surface area contributed by atoms with Crippen LogP contribution in [0, 0.1) is 0 Å². The van der Waals surface area contributed by atoms with Crippen molar-refractivity contribution in [3.63, 3.8) is 0 Å². The molecule has 0 radical (unpaired) electrons. The predicted molar refractivity (Wildman–Crippen MR) is 94.6 cm³/mol. The largest absolute Gasteiger partial charge is 0.376 e. The smallest absolute Gasteiger partial charge is 0.270 e. The first kappa shape index (κ1) is 16.5. The minimum atomic E-state index is -0.169. The van der Waals surface area contributed by atoms with E-state index in [9.17, 15) is 4.79 Å². The fourth-order valence-electron chi connectivity index (χ4n) is 2.84. The average Bonchev–Trinajstić information content (AvgIpc) is 3.14. The van der Waals surface area contributed by atoms with Crippen LogP contribution in [0.4, 0.5) is 11.4 Å². The van der Waals surface area contributed by atoms with Gasteiger partial charge < -0.3 is 15.4 Å². The molecule has 1 aliphatic rings. The molecule has 2 heterocycles. The summed E-state index contributed by atoms with van der Waals surface area (Å²) in [5.74, 6) is -0.169. The van der Waals surface area contributed by atoms with Gasteiger partial charge in [-0.25, -0.2) is 0 Å². The van der Waals surface area contributed by atoms with Gasteiger partial charge >= 0.3 is 0 Å². The number of hydrogen-bond donors (Lipinski definition) is 2. The molecule has 0 bridgehead atoms. The number of ether oxygens (including phenoxy) is 1. The lowest BCUT2D eigenvalue weighted by molar-refractivity contribution is 0.0854. The number of hydrogen-bond acceptors (Lipinski definition) is 4. The first-order valence-corrected chi connectivity index (χ1v) is 8.47. The number of amides is 1. The molecule has 0 spiro atoms. The number of carbonyl (C=O) groups excluding carboxylic acids is 1. The number of anilines is 2. The molecule has 1 aromatic heterocycles. The van der Waals surface area contributed by atoms with Gasteiger partial charge in [-0.05, 0) is 43.0 Å². The number of aryl methyl sites for hydroxylation is 1. The first-order chi connectivity index (χ1) is 11.8. The molecule has 0 aliphatic carbocycles. The summed E-state index contributed by atoms with van der Waals surface area (Å²) in [4.78, 5) is 16.4. The molecular weight excluding hydrogens is 302 g/mol. The Kier molecular flexibility index (Phi) is 5.43. The summed E-state index contributed by atoms with van der Waals surface area (Å²) >= 11 is 0. The Balaban J connectivity index is 1.65. The van der Waals surface area contributed by atoms with E-state index in [4.69, 9.17) is 4.74 Å². The monoisotopic (exact) mass is 325 g/mol. The highest BCUT2D eigenvalue weighted by Gasteiger charge is 2.17. The summed E-state index contributed by atoms with van der Waals surface area (Å²) < 4.78 is 5.52. The minimum absolute atomic E-state index is 0.131. The number of nitrogens with one attached hydrogen (secondary N) is 2. The first-order valence-electron chi connectivity index (χ1n) is 8.47. The highest BCUT2D eigenvalue weighted by atomic mass is 16.5. The summed E-state index contributed by atoms with van der Waals surface area (Å²) in [6.45, 7) is 3.45. The fourth-order valence-corrected chi connectivity index (χ4v) is 2.84. The number of carbonyl (C=O) groups is 1. The van der Waals surface area contributed by atoms with Crippen LogP contribution < -0.4 is 10.6 Å². The van der Waals surface area contributed by atoms with E-state index in [0.717, 1.165) is 37.2 Å². The number of aromatic nitrogens is 1. The van der Waals surface area contributed by atoms with Crippen LogP contribution in [0.5, 0.6) is 0 Å². The summed E-state index contributed by atoms with van der Waals surface area (Å²) in [5, 5.41) is 6.27. The van der Waals surface area contributed by atoms with Crippen LogP contribution >= 0.6 is 0 Å². The van der Waals surface area contributed by atoms with Gasteiger partial charge in [0.1, 0.15) is 5.69 Å². The number of para-hydroxylation sites is 1. The van der Waals surface area contributed by atoms with Crippen molar-refractivity contribution in [2.45, 2.75) is 32.3 Å². The molecule has 5 nitrogen and oxygen atoms in total. The van der Waals surface area contributed by atoms with Crippen LogP contribution in [-0.4, -0.2) is 30.1 Å².